The van der Waals surface area contributed by atoms with Crippen LogP contribution in [-0.4, -0.2) is 9.78 Å². The molecule has 0 fully saturated rings. The Bertz CT molecular complexity index is 514. The van der Waals surface area contributed by atoms with Crippen molar-refractivity contribution < 1.29 is 0 Å². The lowest BCUT2D eigenvalue weighted by atomic mass is 10.0. The second-order valence-electron chi connectivity index (χ2n) is 4.63. The van der Waals surface area contributed by atoms with Crippen LogP contribution in [0.5, 0.6) is 0 Å². The lowest BCUT2D eigenvalue weighted by Crippen LogP contribution is -2.17. The zero-order chi connectivity index (χ0) is 12.4. The van der Waals surface area contributed by atoms with E-state index < -0.39 is 0 Å². The van der Waals surface area contributed by atoms with Gasteiger partial charge in [0.2, 0.25) is 0 Å². The Kier molecular flexibility index (Phi) is 3.29. The molecule has 17 heavy (non-hydrogen) atoms. The Morgan fingerprint density at radius 2 is 2.06 bits per heavy atom. The first-order chi connectivity index (χ1) is 8.06. The van der Waals surface area contributed by atoms with Crippen molar-refractivity contribution in [1.29, 1.82) is 0 Å². The van der Waals surface area contributed by atoms with Gasteiger partial charge in [0.05, 0.1) is 17.4 Å². The summed E-state index contributed by atoms with van der Waals surface area (Å²) in [6.07, 6.45) is 0.848. The summed E-state index contributed by atoms with van der Waals surface area (Å²) in [4.78, 5) is 0. The molecule has 3 nitrogen and oxygen atoms in total. The van der Waals surface area contributed by atoms with Crippen LogP contribution in [0, 0.1) is 13.8 Å². The monoisotopic (exact) mass is 229 g/mol. The van der Waals surface area contributed by atoms with Gasteiger partial charge in [0.25, 0.3) is 0 Å². The number of hydrogen-bond acceptors (Lipinski definition) is 2. The molecule has 0 aliphatic rings. The summed E-state index contributed by atoms with van der Waals surface area (Å²) in [5.74, 6) is 0. The molecule has 2 aromatic rings. The standard InChI is InChI=1S/C14H19N3/c1-10-5-4-6-12(7-10)9-13(15)14-8-11(2)16-17(14)3/h4-8,13H,9,15H2,1-3H3. The van der Waals surface area contributed by atoms with E-state index in [-0.39, 0.29) is 6.04 Å². The summed E-state index contributed by atoms with van der Waals surface area (Å²) in [7, 11) is 1.94. The summed E-state index contributed by atoms with van der Waals surface area (Å²) in [5.41, 5.74) is 10.9. The van der Waals surface area contributed by atoms with E-state index in [1.807, 2.05) is 18.7 Å². The van der Waals surface area contributed by atoms with Crippen molar-refractivity contribution in [3.63, 3.8) is 0 Å². The molecule has 90 valence electrons. The van der Waals surface area contributed by atoms with Crippen LogP contribution in [0.1, 0.15) is 28.6 Å². The first kappa shape index (κ1) is 11.9. The highest BCUT2D eigenvalue weighted by molar-refractivity contribution is 5.24. The van der Waals surface area contributed by atoms with Crippen molar-refractivity contribution in [3.05, 3.63) is 52.8 Å². The van der Waals surface area contributed by atoms with E-state index in [0.717, 1.165) is 17.8 Å². The summed E-state index contributed by atoms with van der Waals surface area (Å²) in [6.45, 7) is 4.09. The SMILES string of the molecule is Cc1cccc(CC(N)c2cc(C)nn2C)c1. The van der Waals surface area contributed by atoms with Gasteiger partial charge < -0.3 is 5.73 Å². The zero-order valence-corrected chi connectivity index (χ0v) is 10.6. The van der Waals surface area contributed by atoms with Crippen molar-refractivity contribution >= 4 is 0 Å². The highest BCUT2D eigenvalue weighted by Gasteiger charge is 2.12. The zero-order valence-electron chi connectivity index (χ0n) is 10.6. The third kappa shape index (κ3) is 2.74. The molecule has 0 aliphatic heterocycles. The molecule has 2 N–H and O–H groups in total. The fraction of sp³-hybridized carbons (Fsp3) is 0.357. The molecule has 1 aromatic carbocycles. The topological polar surface area (TPSA) is 43.8 Å². The minimum atomic E-state index is 0.00278. The highest BCUT2D eigenvalue weighted by atomic mass is 15.3. The van der Waals surface area contributed by atoms with Crippen LogP contribution in [0.15, 0.2) is 30.3 Å². The minimum Gasteiger partial charge on any atom is -0.322 e. The summed E-state index contributed by atoms with van der Waals surface area (Å²) < 4.78 is 1.87. The third-order valence-corrected chi connectivity index (χ3v) is 2.96. The Morgan fingerprint density at radius 3 is 2.65 bits per heavy atom. The minimum absolute atomic E-state index is 0.00278. The molecule has 1 atom stereocenters. The van der Waals surface area contributed by atoms with Gasteiger partial charge in [0, 0.05) is 7.05 Å². The number of benzene rings is 1. The highest BCUT2D eigenvalue weighted by Crippen LogP contribution is 2.17. The van der Waals surface area contributed by atoms with E-state index in [1.165, 1.54) is 11.1 Å². The first-order valence-electron chi connectivity index (χ1n) is 5.88. The molecule has 0 spiro atoms. The molecule has 0 amide bonds. The van der Waals surface area contributed by atoms with Crippen LogP contribution in [0.2, 0.25) is 0 Å². The molecular weight excluding hydrogens is 210 g/mol. The van der Waals surface area contributed by atoms with Crippen LogP contribution < -0.4 is 5.73 Å². The van der Waals surface area contributed by atoms with Crippen LogP contribution in [-0.2, 0) is 13.5 Å². The predicted octanol–water partition coefficient (Wildman–Crippen LogP) is 2.28. The van der Waals surface area contributed by atoms with Gasteiger partial charge in [-0.25, -0.2) is 0 Å². The Hall–Kier alpha value is -1.61. The number of rotatable bonds is 3. The molecule has 0 radical (unpaired) electrons. The second-order valence-corrected chi connectivity index (χ2v) is 4.63. The largest absolute Gasteiger partial charge is 0.322 e. The van der Waals surface area contributed by atoms with Crippen molar-refractivity contribution in [1.82, 2.24) is 9.78 Å². The molecule has 0 aliphatic carbocycles. The van der Waals surface area contributed by atoms with Crippen molar-refractivity contribution in [3.8, 4) is 0 Å². The molecule has 2 rings (SSSR count). The molecule has 3 heteroatoms. The average Bonchev–Trinajstić information content (AvgIpc) is 2.58. The van der Waals surface area contributed by atoms with Crippen LogP contribution in [0.3, 0.4) is 0 Å². The summed E-state index contributed by atoms with van der Waals surface area (Å²) >= 11 is 0. The van der Waals surface area contributed by atoms with Crippen molar-refractivity contribution in [2.24, 2.45) is 12.8 Å². The maximum Gasteiger partial charge on any atom is 0.0597 e. The molecule has 0 saturated carbocycles. The molecule has 1 heterocycles. The number of aryl methyl sites for hydroxylation is 3. The third-order valence-electron chi connectivity index (χ3n) is 2.96. The lowest BCUT2D eigenvalue weighted by Gasteiger charge is -2.12. The average molecular weight is 229 g/mol. The smallest absolute Gasteiger partial charge is 0.0597 e. The van der Waals surface area contributed by atoms with E-state index in [9.17, 15) is 0 Å². The normalized spacial score (nSPS) is 12.7. The molecule has 0 saturated heterocycles. The van der Waals surface area contributed by atoms with Crippen molar-refractivity contribution in [2.45, 2.75) is 26.3 Å². The number of nitrogens with two attached hydrogens (primary N) is 1. The number of hydrogen-bond donors (Lipinski definition) is 1. The second kappa shape index (κ2) is 4.72. The van der Waals surface area contributed by atoms with Gasteiger partial charge in [0.15, 0.2) is 0 Å². The predicted molar refractivity (Wildman–Crippen MR) is 69.8 cm³/mol. The van der Waals surface area contributed by atoms with Crippen LogP contribution in [0.4, 0.5) is 0 Å². The van der Waals surface area contributed by atoms with Gasteiger partial charge >= 0.3 is 0 Å². The van der Waals surface area contributed by atoms with Gasteiger partial charge in [-0.2, -0.15) is 5.10 Å². The lowest BCUT2D eigenvalue weighted by molar-refractivity contribution is 0.615. The molecule has 1 unspecified atom stereocenters. The van der Waals surface area contributed by atoms with Crippen LogP contribution in [0.25, 0.3) is 0 Å². The summed E-state index contributed by atoms with van der Waals surface area (Å²) in [6, 6.07) is 10.5. The Morgan fingerprint density at radius 1 is 1.29 bits per heavy atom. The Labute approximate surface area is 102 Å². The maximum absolute atomic E-state index is 6.23. The number of aromatic nitrogens is 2. The fourth-order valence-corrected chi connectivity index (χ4v) is 2.18. The molecule has 1 aromatic heterocycles. The van der Waals surface area contributed by atoms with E-state index in [0.29, 0.717) is 0 Å². The van der Waals surface area contributed by atoms with E-state index >= 15 is 0 Å². The van der Waals surface area contributed by atoms with Gasteiger partial charge in [-0.15, -0.1) is 0 Å². The van der Waals surface area contributed by atoms with E-state index in [4.69, 9.17) is 5.73 Å². The van der Waals surface area contributed by atoms with Crippen LogP contribution >= 0.6 is 0 Å². The summed E-state index contributed by atoms with van der Waals surface area (Å²) in [5, 5.41) is 4.33. The van der Waals surface area contributed by atoms with Gasteiger partial charge in [0.1, 0.15) is 0 Å². The van der Waals surface area contributed by atoms with Crippen molar-refractivity contribution in [2.75, 3.05) is 0 Å². The fourth-order valence-electron chi connectivity index (χ4n) is 2.18. The number of nitrogens with zero attached hydrogens (tertiary/aromatic N) is 2. The first-order valence-corrected chi connectivity index (χ1v) is 5.88. The molecular formula is C14H19N3. The van der Waals surface area contributed by atoms with Gasteiger partial charge in [-0.05, 0) is 31.9 Å². The Balaban J connectivity index is 2.16. The maximum atomic E-state index is 6.23. The van der Waals surface area contributed by atoms with Gasteiger partial charge in [-0.3, -0.25) is 4.68 Å². The van der Waals surface area contributed by atoms with E-state index in [2.05, 4.69) is 42.4 Å². The van der Waals surface area contributed by atoms with Gasteiger partial charge in [-0.1, -0.05) is 29.8 Å². The molecule has 0 bridgehead atoms. The van der Waals surface area contributed by atoms with E-state index in [1.54, 1.807) is 0 Å². The quantitative estimate of drug-likeness (QED) is 0.877.